The second-order valence-electron chi connectivity index (χ2n) is 1.86. The number of hydrogen-bond donors (Lipinski definition) is 2. The molecule has 0 unspecified atom stereocenters. The minimum atomic E-state index is -0.703. The second-order valence-corrected chi connectivity index (χ2v) is 2.65. The normalized spacial score (nSPS) is 8.27. The molecule has 0 fully saturated rings. The highest BCUT2D eigenvalue weighted by Crippen LogP contribution is 1.97. The van der Waals surface area contributed by atoms with Gasteiger partial charge in [0.25, 0.3) is 0 Å². The van der Waals surface area contributed by atoms with Gasteiger partial charge in [0.1, 0.15) is 0 Å². The lowest BCUT2D eigenvalue weighted by Gasteiger charge is -1.88. The van der Waals surface area contributed by atoms with Gasteiger partial charge in [-0.1, -0.05) is 15.9 Å². The minimum absolute atomic E-state index is 0.250. The summed E-state index contributed by atoms with van der Waals surface area (Å²) in [5, 5.41) is 16.6. The van der Waals surface area contributed by atoms with Crippen LogP contribution in [0.4, 0.5) is 0 Å². The number of carbonyl (C=O) groups is 1. The Hall–Kier alpha value is -0.0900. The molecule has 0 radical (unpaired) electrons. The molecule has 4 heteroatoms. The molecule has 0 aromatic carbocycles. The van der Waals surface area contributed by atoms with Crippen LogP contribution in [0, 0.1) is 0 Å². The highest BCUT2D eigenvalue weighted by atomic mass is 79.9. The molecule has 0 spiro atoms. The van der Waals surface area contributed by atoms with Gasteiger partial charge in [-0.05, 0) is 19.8 Å². The number of carboxylic acids is 1. The van der Waals surface area contributed by atoms with Crippen molar-refractivity contribution < 1.29 is 15.0 Å². The average molecular weight is 227 g/mol. The van der Waals surface area contributed by atoms with Crippen LogP contribution < -0.4 is 0 Å². The van der Waals surface area contributed by atoms with E-state index in [0.29, 0.717) is 6.42 Å². The summed E-state index contributed by atoms with van der Waals surface area (Å²) in [5.41, 5.74) is 0. The van der Waals surface area contributed by atoms with Crippen LogP contribution in [0.15, 0.2) is 0 Å². The monoisotopic (exact) mass is 226 g/mol. The quantitative estimate of drug-likeness (QED) is 0.566. The van der Waals surface area contributed by atoms with Crippen molar-refractivity contribution in [1.29, 1.82) is 0 Å². The maximum absolute atomic E-state index is 9.86. The van der Waals surface area contributed by atoms with Gasteiger partial charge in [-0.15, -0.1) is 0 Å². The molecular formula is C7H15BrO3. The first-order chi connectivity index (χ1) is 5.18. The largest absolute Gasteiger partial charge is 0.481 e. The maximum Gasteiger partial charge on any atom is 0.303 e. The molecule has 0 aliphatic carbocycles. The number of aliphatic hydroxyl groups is 1. The lowest BCUT2D eigenvalue weighted by molar-refractivity contribution is -0.137. The Bertz CT molecular complexity index is 85.8. The summed E-state index contributed by atoms with van der Waals surface area (Å²) in [5.74, 6) is -0.703. The molecule has 0 aromatic rings. The number of unbranched alkanes of at least 4 members (excludes halogenated alkanes) is 1. The van der Waals surface area contributed by atoms with Crippen molar-refractivity contribution in [3.8, 4) is 0 Å². The van der Waals surface area contributed by atoms with E-state index in [9.17, 15) is 4.79 Å². The number of alkyl halides is 1. The van der Waals surface area contributed by atoms with Crippen LogP contribution in [-0.4, -0.2) is 28.1 Å². The molecule has 0 amide bonds. The van der Waals surface area contributed by atoms with E-state index in [-0.39, 0.29) is 6.61 Å². The van der Waals surface area contributed by atoms with E-state index in [0.717, 1.165) is 18.2 Å². The standard InChI is InChI=1S/C5H9BrO2.C2H6O/c6-4-2-1-3-5(7)8;1-2-3/h1-4H2,(H,7,8);3H,2H2,1H3. The van der Waals surface area contributed by atoms with E-state index in [1.165, 1.54) is 0 Å². The molecule has 0 aliphatic rings. The van der Waals surface area contributed by atoms with Crippen molar-refractivity contribution in [2.45, 2.75) is 26.2 Å². The highest BCUT2D eigenvalue weighted by molar-refractivity contribution is 9.09. The molecule has 68 valence electrons. The molecule has 0 saturated heterocycles. The summed E-state index contributed by atoms with van der Waals surface area (Å²) in [7, 11) is 0. The first-order valence-corrected chi connectivity index (χ1v) is 4.69. The molecule has 0 rings (SSSR count). The fourth-order valence-corrected chi connectivity index (χ4v) is 0.767. The zero-order valence-electron chi connectivity index (χ0n) is 6.72. The van der Waals surface area contributed by atoms with Crippen LogP contribution in [0.25, 0.3) is 0 Å². The summed E-state index contributed by atoms with van der Waals surface area (Å²) in [6.45, 7) is 1.93. The van der Waals surface area contributed by atoms with Gasteiger partial charge < -0.3 is 10.2 Å². The first-order valence-electron chi connectivity index (χ1n) is 3.57. The molecule has 11 heavy (non-hydrogen) atoms. The number of carboxylic acid groups (broad SMARTS) is 1. The van der Waals surface area contributed by atoms with E-state index in [2.05, 4.69) is 15.9 Å². The SMILES string of the molecule is CCO.O=C(O)CCCCBr. The number of aliphatic carboxylic acids is 1. The maximum atomic E-state index is 9.86. The third kappa shape index (κ3) is 25.7. The number of hydrogen-bond acceptors (Lipinski definition) is 2. The van der Waals surface area contributed by atoms with Crippen molar-refractivity contribution in [3.63, 3.8) is 0 Å². The number of rotatable bonds is 4. The number of halogens is 1. The fraction of sp³-hybridized carbons (Fsp3) is 0.857. The minimum Gasteiger partial charge on any atom is -0.481 e. The predicted octanol–water partition coefficient (Wildman–Crippen LogP) is 1.63. The van der Waals surface area contributed by atoms with E-state index in [1.807, 2.05) is 0 Å². The van der Waals surface area contributed by atoms with Crippen LogP contribution in [0.5, 0.6) is 0 Å². The van der Waals surface area contributed by atoms with Gasteiger partial charge in [-0.25, -0.2) is 0 Å². The summed E-state index contributed by atoms with van der Waals surface area (Å²) >= 11 is 3.21. The lowest BCUT2D eigenvalue weighted by Crippen LogP contribution is -1.93. The van der Waals surface area contributed by atoms with Crippen molar-refractivity contribution in [2.24, 2.45) is 0 Å². The van der Waals surface area contributed by atoms with Crippen LogP contribution in [-0.2, 0) is 4.79 Å². The fourth-order valence-electron chi connectivity index (χ4n) is 0.371. The Morgan fingerprint density at radius 3 is 2.18 bits per heavy atom. The summed E-state index contributed by atoms with van der Waals surface area (Å²) in [4.78, 5) is 9.86. The van der Waals surface area contributed by atoms with Gasteiger partial charge >= 0.3 is 5.97 Å². The summed E-state index contributed by atoms with van der Waals surface area (Å²) in [6, 6.07) is 0. The van der Waals surface area contributed by atoms with Crippen molar-refractivity contribution in [2.75, 3.05) is 11.9 Å². The highest BCUT2D eigenvalue weighted by Gasteiger charge is 1.93. The van der Waals surface area contributed by atoms with E-state index in [1.54, 1.807) is 6.92 Å². The first kappa shape index (κ1) is 13.5. The zero-order valence-corrected chi connectivity index (χ0v) is 8.30. The van der Waals surface area contributed by atoms with E-state index >= 15 is 0 Å². The van der Waals surface area contributed by atoms with Crippen LogP contribution in [0.3, 0.4) is 0 Å². The third-order valence-corrected chi connectivity index (χ3v) is 1.34. The third-order valence-electron chi connectivity index (χ3n) is 0.774. The predicted molar refractivity (Wildman–Crippen MR) is 48.0 cm³/mol. The van der Waals surface area contributed by atoms with Gasteiger partial charge in [-0.2, -0.15) is 0 Å². The van der Waals surface area contributed by atoms with Gasteiger partial charge in [0.2, 0.25) is 0 Å². The van der Waals surface area contributed by atoms with Crippen LogP contribution in [0.1, 0.15) is 26.2 Å². The molecule has 0 saturated carbocycles. The second kappa shape index (κ2) is 12.6. The van der Waals surface area contributed by atoms with Crippen LogP contribution >= 0.6 is 15.9 Å². The van der Waals surface area contributed by atoms with Gasteiger partial charge in [0.05, 0.1) is 0 Å². The smallest absolute Gasteiger partial charge is 0.303 e. The molecule has 0 aliphatic heterocycles. The Labute approximate surface area is 75.6 Å². The molecule has 3 nitrogen and oxygen atoms in total. The molecular weight excluding hydrogens is 212 g/mol. The topological polar surface area (TPSA) is 57.5 Å². The van der Waals surface area contributed by atoms with Gasteiger partial charge in [-0.3, -0.25) is 4.79 Å². The van der Waals surface area contributed by atoms with Crippen molar-refractivity contribution in [1.82, 2.24) is 0 Å². The molecule has 0 aromatic heterocycles. The summed E-state index contributed by atoms with van der Waals surface area (Å²) in [6.07, 6.45) is 2.03. The average Bonchev–Trinajstić information content (AvgIpc) is 1.89. The Morgan fingerprint density at radius 1 is 1.45 bits per heavy atom. The lowest BCUT2D eigenvalue weighted by atomic mass is 10.3. The Kier molecular flexibility index (Phi) is 15.4. The molecule has 0 heterocycles. The van der Waals surface area contributed by atoms with Crippen LogP contribution in [0.2, 0.25) is 0 Å². The van der Waals surface area contributed by atoms with Crippen molar-refractivity contribution >= 4 is 21.9 Å². The molecule has 0 atom stereocenters. The summed E-state index contributed by atoms with van der Waals surface area (Å²) < 4.78 is 0. The molecule has 0 bridgehead atoms. The van der Waals surface area contributed by atoms with Gasteiger partial charge in [0.15, 0.2) is 0 Å². The Balaban J connectivity index is 0. The zero-order chi connectivity index (χ0) is 9.11. The van der Waals surface area contributed by atoms with E-state index in [4.69, 9.17) is 10.2 Å². The van der Waals surface area contributed by atoms with Crippen molar-refractivity contribution in [3.05, 3.63) is 0 Å². The molecule has 2 N–H and O–H groups in total. The number of aliphatic hydroxyl groups excluding tert-OH is 1. The van der Waals surface area contributed by atoms with E-state index < -0.39 is 5.97 Å². The Morgan fingerprint density at radius 2 is 1.91 bits per heavy atom. The van der Waals surface area contributed by atoms with Gasteiger partial charge in [0, 0.05) is 18.4 Å².